The Morgan fingerprint density at radius 3 is 2.62 bits per heavy atom. The van der Waals surface area contributed by atoms with Crippen molar-refractivity contribution in [1.82, 2.24) is 0 Å². The van der Waals surface area contributed by atoms with E-state index in [4.69, 9.17) is 4.74 Å². The first-order chi connectivity index (χ1) is 10.3. The number of para-hydroxylation sites is 1. The zero-order valence-electron chi connectivity index (χ0n) is 11.8. The summed E-state index contributed by atoms with van der Waals surface area (Å²) in [7, 11) is 0. The third-order valence-electron chi connectivity index (χ3n) is 3.25. The molecule has 0 bridgehead atoms. The summed E-state index contributed by atoms with van der Waals surface area (Å²) >= 11 is 0. The Balaban J connectivity index is 1.94. The van der Waals surface area contributed by atoms with Crippen LogP contribution in [0.4, 0.5) is 5.69 Å². The first kappa shape index (κ1) is 13.4. The summed E-state index contributed by atoms with van der Waals surface area (Å²) < 4.78 is 5.51. The standard InChI is InChI=1S/C17H16N2O2/c1-2-21-17-18-15(12-13-8-6-7-9-13)16(20)19(17)14-10-4-3-5-11-14/h3-13H,2H2,1H3/b15-12+. The molecule has 0 saturated carbocycles. The topological polar surface area (TPSA) is 41.9 Å². The van der Waals surface area contributed by atoms with Gasteiger partial charge in [0.05, 0.1) is 12.3 Å². The molecule has 0 N–H and O–H groups in total. The van der Waals surface area contributed by atoms with Gasteiger partial charge in [0.2, 0.25) is 0 Å². The molecule has 1 aliphatic heterocycles. The van der Waals surface area contributed by atoms with E-state index in [0.717, 1.165) is 5.69 Å². The van der Waals surface area contributed by atoms with Crippen molar-refractivity contribution in [2.24, 2.45) is 10.9 Å². The van der Waals surface area contributed by atoms with Gasteiger partial charge in [-0.05, 0) is 25.1 Å². The maximum absolute atomic E-state index is 12.6. The van der Waals surface area contributed by atoms with Crippen LogP contribution in [0.1, 0.15) is 6.92 Å². The van der Waals surface area contributed by atoms with Gasteiger partial charge in [-0.25, -0.2) is 4.90 Å². The number of nitrogens with zero attached hydrogens (tertiary/aromatic N) is 2. The van der Waals surface area contributed by atoms with Crippen molar-refractivity contribution >= 4 is 17.6 Å². The van der Waals surface area contributed by atoms with E-state index in [9.17, 15) is 4.79 Å². The number of benzene rings is 1. The lowest BCUT2D eigenvalue weighted by Crippen LogP contribution is -2.33. The largest absolute Gasteiger partial charge is 0.465 e. The molecule has 3 rings (SSSR count). The predicted octanol–water partition coefficient (Wildman–Crippen LogP) is 3.05. The number of hydrogen-bond donors (Lipinski definition) is 0. The Hall–Kier alpha value is -2.62. The van der Waals surface area contributed by atoms with E-state index >= 15 is 0 Å². The van der Waals surface area contributed by atoms with E-state index in [1.165, 1.54) is 4.90 Å². The molecule has 106 valence electrons. The molecule has 1 aliphatic carbocycles. The van der Waals surface area contributed by atoms with Crippen molar-refractivity contribution in [3.63, 3.8) is 0 Å². The minimum absolute atomic E-state index is 0.117. The second-order valence-electron chi connectivity index (χ2n) is 4.70. The lowest BCUT2D eigenvalue weighted by atomic mass is 10.1. The number of amidine groups is 1. The second-order valence-corrected chi connectivity index (χ2v) is 4.70. The van der Waals surface area contributed by atoms with Crippen LogP contribution >= 0.6 is 0 Å². The van der Waals surface area contributed by atoms with Crippen LogP contribution in [0.15, 0.2) is 71.4 Å². The monoisotopic (exact) mass is 280 g/mol. The first-order valence-electron chi connectivity index (χ1n) is 6.97. The second kappa shape index (κ2) is 5.79. The predicted molar refractivity (Wildman–Crippen MR) is 82.8 cm³/mol. The molecule has 4 nitrogen and oxygen atoms in total. The van der Waals surface area contributed by atoms with Gasteiger partial charge < -0.3 is 4.74 Å². The van der Waals surface area contributed by atoms with E-state index in [-0.39, 0.29) is 11.8 Å². The molecule has 0 unspecified atom stereocenters. The van der Waals surface area contributed by atoms with Crippen molar-refractivity contribution in [3.8, 4) is 0 Å². The van der Waals surface area contributed by atoms with E-state index in [1.807, 2.05) is 67.6 Å². The number of aliphatic imine (C=N–C) groups is 1. The highest BCUT2D eigenvalue weighted by Gasteiger charge is 2.33. The van der Waals surface area contributed by atoms with Crippen LogP contribution in [0.25, 0.3) is 0 Å². The zero-order valence-corrected chi connectivity index (χ0v) is 11.8. The number of allylic oxidation sites excluding steroid dienone is 5. The van der Waals surface area contributed by atoms with Crippen molar-refractivity contribution < 1.29 is 9.53 Å². The summed E-state index contributed by atoms with van der Waals surface area (Å²) in [6, 6.07) is 9.75. The lowest BCUT2D eigenvalue weighted by Gasteiger charge is -2.17. The van der Waals surface area contributed by atoms with Crippen molar-refractivity contribution in [1.29, 1.82) is 0 Å². The molecule has 0 fully saturated rings. The Kier molecular flexibility index (Phi) is 3.69. The highest BCUT2D eigenvalue weighted by molar-refractivity contribution is 6.25. The molecule has 4 heteroatoms. The van der Waals surface area contributed by atoms with Gasteiger partial charge in [0.25, 0.3) is 5.91 Å². The van der Waals surface area contributed by atoms with Crippen LogP contribution in [-0.4, -0.2) is 18.5 Å². The van der Waals surface area contributed by atoms with Gasteiger partial charge in [-0.15, -0.1) is 0 Å². The van der Waals surface area contributed by atoms with Gasteiger partial charge in [-0.1, -0.05) is 42.5 Å². The molecule has 1 heterocycles. The summed E-state index contributed by atoms with van der Waals surface area (Å²) in [6.45, 7) is 2.34. The van der Waals surface area contributed by atoms with Crippen LogP contribution in [0, 0.1) is 5.92 Å². The Morgan fingerprint density at radius 2 is 1.95 bits per heavy atom. The maximum atomic E-state index is 12.6. The van der Waals surface area contributed by atoms with E-state index in [1.54, 1.807) is 0 Å². The van der Waals surface area contributed by atoms with E-state index in [0.29, 0.717) is 18.3 Å². The fraction of sp³-hybridized carbons (Fsp3) is 0.176. The minimum atomic E-state index is -0.154. The Labute approximate surface area is 123 Å². The van der Waals surface area contributed by atoms with Crippen LogP contribution < -0.4 is 4.90 Å². The van der Waals surface area contributed by atoms with Gasteiger partial charge in [0.1, 0.15) is 5.70 Å². The van der Waals surface area contributed by atoms with Crippen molar-refractivity contribution in [2.45, 2.75) is 6.92 Å². The number of carbonyl (C=O) groups excluding carboxylic acids is 1. The van der Waals surface area contributed by atoms with Crippen LogP contribution in [0.3, 0.4) is 0 Å². The number of carbonyl (C=O) groups is 1. The quantitative estimate of drug-likeness (QED) is 0.799. The lowest BCUT2D eigenvalue weighted by molar-refractivity contribution is -0.114. The van der Waals surface area contributed by atoms with E-state index < -0.39 is 0 Å². The van der Waals surface area contributed by atoms with Gasteiger partial charge in [0.15, 0.2) is 0 Å². The van der Waals surface area contributed by atoms with Gasteiger partial charge in [0, 0.05) is 5.92 Å². The number of ether oxygens (including phenoxy) is 1. The average molecular weight is 280 g/mol. The molecule has 2 aliphatic rings. The minimum Gasteiger partial charge on any atom is -0.465 e. The normalized spacial score (nSPS) is 19.7. The van der Waals surface area contributed by atoms with Crippen molar-refractivity contribution in [3.05, 3.63) is 66.4 Å². The molecular weight excluding hydrogens is 264 g/mol. The number of rotatable bonds is 3. The van der Waals surface area contributed by atoms with Crippen LogP contribution in [0.2, 0.25) is 0 Å². The molecule has 21 heavy (non-hydrogen) atoms. The Morgan fingerprint density at radius 1 is 1.24 bits per heavy atom. The summed E-state index contributed by atoms with van der Waals surface area (Å²) in [6.07, 6.45) is 9.81. The fourth-order valence-electron chi connectivity index (χ4n) is 2.28. The summed E-state index contributed by atoms with van der Waals surface area (Å²) in [5, 5.41) is 0. The molecule has 0 aromatic heterocycles. The highest BCUT2D eigenvalue weighted by Crippen LogP contribution is 2.25. The molecular formula is C17H16N2O2. The molecule has 0 radical (unpaired) electrons. The molecule has 0 saturated heterocycles. The van der Waals surface area contributed by atoms with Gasteiger partial charge >= 0.3 is 6.02 Å². The molecule has 1 amide bonds. The van der Waals surface area contributed by atoms with Crippen LogP contribution in [0.5, 0.6) is 0 Å². The first-order valence-corrected chi connectivity index (χ1v) is 6.97. The number of anilines is 1. The zero-order chi connectivity index (χ0) is 14.7. The number of amides is 1. The molecule has 0 spiro atoms. The van der Waals surface area contributed by atoms with Crippen LogP contribution in [-0.2, 0) is 9.53 Å². The third-order valence-corrected chi connectivity index (χ3v) is 3.25. The molecule has 0 atom stereocenters. The smallest absolute Gasteiger partial charge is 0.304 e. The maximum Gasteiger partial charge on any atom is 0.304 e. The Bertz CT molecular complexity index is 645. The van der Waals surface area contributed by atoms with E-state index in [2.05, 4.69) is 4.99 Å². The summed E-state index contributed by atoms with van der Waals surface area (Å²) in [4.78, 5) is 18.4. The fourth-order valence-corrected chi connectivity index (χ4v) is 2.28. The third kappa shape index (κ3) is 2.65. The van der Waals surface area contributed by atoms with Gasteiger partial charge in [-0.3, -0.25) is 4.79 Å². The number of hydrogen-bond acceptors (Lipinski definition) is 3. The molecule has 1 aromatic carbocycles. The molecule has 1 aromatic rings. The average Bonchev–Trinajstić information content (AvgIpc) is 3.10. The summed E-state index contributed by atoms with van der Waals surface area (Å²) in [5.41, 5.74) is 1.18. The SMILES string of the molecule is CCOC1=N/C(=C/C2C=CC=C2)C(=O)N1c1ccccc1. The van der Waals surface area contributed by atoms with Crippen molar-refractivity contribution in [2.75, 3.05) is 11.5 Å². The summed E-state index contributed by atoms with van der Waals surface area (Å²) in [5.74, 6) is -0.0374. The van der Waals surface area contributed by atoms with Gasteiger partial charge in [-0.2, -0.15) is 4.99 Å². The highest BCUT2D eigenvalue weighted by atomic mass is 16.5.